The van der Waals surface area contributed by atoms with Crippen LogP contribution in [0.1, 0.15) is 16.7 Å². The summed E-state index contributed by atoms with van der Waals surface area (Å²) in [5.41, 5.74) is 6.17. The summed E-state index contributed by atoms with van der Waals surface area (Å²) in [5, 5.41) is 2.22. The molecule has 1 saturated heterocycles. The molecule has 2 aliphatic heterocycles. The Hall–Kier alpha value is -2.67. The molecule has 0 aliphatic carbocycles. The van der Waals surface area contributed by atoms with Crippen molar-refractivity contribution in [2.75, 3.05) is 16.8 Å². The van der Waals surface area contributed by atoms with Gasteiger partial charge in [0.2, 0.25) is 0 Å². The molecule has 3 aromatic rings. The van der Waals surface area contributed by atoms with Crippen LogP contribution in [0.5, 0.6) is 0 Å². The number of hydrogen-bond donors (Lipinski definition) is 0. The van der Waals surface area contributed by atoms with Crippen molar-refractivity contribution in [2.45, 2.75) is 25.7 Å². The molecule has 3 aromatic carbocycles. The molecule has 33 heavy (non-hydrogen) atoms. The van der Waals surface area contributed by atoms with Crippen LogP contribution in [0.25, 0.3) is 0 Å². The molecule has 4 nitrogen and oxygen atoms in total. The van der Waals surface area contributed by atoms with Crippen molar-refractivity contribution in [2.24, 2.45) is 4.99 Å². The fourth-order valence-corrected chi connectivity index (χ4v) is 6.22. The largest absolute Gasteiger partial charge is 0.337 e. The minimum Gasteiger partial charge on any atom is -0.337 e. The second-order valence-electron chi connectivity index (χ2n) is 8.15. The highest BCUT2D eigenvalue weighted by Gasteiger charge is 2.40. The molecule has 0 atom stereocenters. The van der Waals surface area contributed by atoms with E-state index in [1.165, 1.54) is 22.9 Å². The molecule has 0 bridgehead atoms. The molecule has 0 spiro atoms. The smallest absolute Gasteiger partial charge is 0.274 e. The minimum absolute atomic E-state index is 0.0697. The van der Waals surface area contributed by atoms with Gasteiger partial charge in [-0.1, -0.05) is 47.1 Å². The number of rotatable bonds is 2. The fourth-order valence-electron chi connectivity index (χ4n) is 3.72. The lowest BCUT2D eigenvalue weighted by Crippen LogP contribution is -2.29. The van der Waals surface area contributed by atoms with E-state index in [-0.39, 0.29) is 5.91 Å². The number of carbonyl (C=O) groups is 1. The SMILES string of the molecule is Cc1ccc(N2C(=O)/C(=C3/Sc4ccc(Cl)cc4N3C)SC2=Nc2ccc(C)c(C)c2)cc1. The van der Waals surface area contributed by atoms with Gasteiger partial charge in [-0.15, -0.1) is 0 Å². The number of aliphatic imine (C=N–C) groups is 1. The quantitative estimate of drug-likeness (QED) is 0.349. The van der Waals surface area contributed by atoms with Crippen LogP contribution < -0.4 is 9.80 Å². The Morgan fingerprint density at radius 3 is 2.36 bits per heavy atom. The summed E-state index contributed by atoms with van der Waals surface area (Å²) in [5.74, 6) is -0.0697. The lowest BCUT2D eigenvalue weighted by Gasteiger charge is -2.17. The number of carbonyl (C=O) groups excluding carboxylic acids is 1. The molecule has 1 amide bonds. The second-order valence-corrected chi connectivity index (χ2v) is 10.6. The first-order chi connectivity index (χ1) is 15.8. The van der Waals surface area contributed by atoms with Crippen molar-refractivity contribution < 1.29 is 4.79 Å². The number of thioether (sulfide) groups is 2. The third-order valence-corrected chi connectivity index (χ3v) is 8.41. The van der Waals surface area contributed by atoms with E-state index < -0.39 is 0 Å². The Labute approximate surface area is 207 Å². The van der Waals surface area contributed by atoms with E-state index in [0.717, 1.165) is 32.6 Å². The Morgan fingerprint density at radius 2 is 1.64 bits per heavy atom. The molecule has 0 radical (unpaired) electrons. The fraction of sp³-hybridized carbons (Fsp3) is 0.154. The van der Waals surface area contributed by atoms with E-state index >= 15 is 0 Å². The van der Waals surface area contributed by atoms with Crippen LogP contribution >= 0.6 is 35.1 Å². The summed E-state index contributed by atoms with van der Waals surface area (Å²) < 4.78 is 0. The van der Waals surface area contributed by atoms with Gasteiger partial charge in [-0.2, -0.15) is 0 Å². The Bertz CT molecular complexity index is 1350. The van der Waals surface area contributed by atoms with Gasteiger partial charge in [-0.3, -0.25) is 9.69 Å². The number of amidine groups is 1. The first kappa shape index (κ1) is 22.1. The van der Waals surface area contributed by atoms with E-state index in [9.17, 15) is 4.79 Å². The molecule has 0 unspecified atom stereocenters. The highest BCUT2D eigenvalue weighted by Crippen LogP contribution is 2.51. The van der Waals surface area contributed by atoms with Gasteiger partial charge in [0, 0.05) is 17.0 Å². The van der Waals surface area contributed by atoms with E-state index in [4.69, 9.17) is 16.6 Å². The van der Waals surface area contributed by atoms with Crippen molar-refractivity contribution in [1.82, 2.24) is 0 Å². The summed E-state index contributed by atoms with van der Waals surface area (Å²) >= 11 is 9.23. The molecule has 0 saturated carbocycles. The third kappa shape index (κ3) is 4.07. The van der Waals surface area contributed by atoms with Gasteiger partial charge >= 0.3 is 0 Å². The summed E-state index contributed by atoms with van der Waals surface area (Å²) in [6.07, 6.45) is 0. The molecule has 1 fully saturated rings. The van der Waals surface area contributed by atoms with Crippen molar-refractivity contribution in [3.63, 3.8) is 0 Å². The molecule has 166 valence electrons. The number of halogens is 1. The van der Waals surface area contributed by atoms with Gasteiger partial charge in [-0.25, -0.2) is 4.99 Å². The summed E-state index contributed by atoms with van der Waals surface area (Å²) in [6.45, 7) is 6.19. The predicted octanol–water partition coefficient (Wildman–Crippen LogP) is 7.44. The normalized spacial score (nSPS) is 19.1. The van der Waals surface area contributed by atoms with Crippen LogP contribution in [-0.2, 0) is 4.79 Å². The molecular formula is C26H22ClN3OS2. The van der Waals surface area contributed by atoms with Crippen LogP contribution in [0.15, 0.2) is 80.5 Å². The third-order valence-electron chi connectivity index (χ3n) is 5.78. The lowest BCUT2D eigenvalue weighted by molar-refractivity contribution is -0.113. The van der Waals surface area contributed by atoms with Crippen LogP contribution in [0.4, 0.5) is 17.1 Å². The van der Waals surface area contributed by atoms with Crippen LogP contribution in [-0.4, -0.2) is 18.1 Å². The molecule has 0 N–H and O–H groups in total. The lowest BCUT2D eigenvalue weighted by atomic mass is 10.1. The van der Waals surface area contributed by atoms with E-state index in [0.29, 0.717) is 15.1 Å². The van der Waals surface area contributed by atoms with Crippen LogP contribution in [0, 0.1) is 20.8 Å². The number of hydrogen-bond acceptors (Lipinski definition) is 5. The standard InChI is InChI=1S/C26H22ClN3OS2/c1-15-5-10-20(11-6-15)30-24(31)23(25-29(4)21-14-18(27)8-12-22(21)32-25)33-26(30)28-19-9-7-16(2)17(3)13-19/h5-14H,1-4H3/b25-23-,28-26?. The van der Waals surface area contributed by atoms with Gasteiger partial charge in [0.25, 0.3) is 5.91 Å². The monoisotopic (exact) mass is 491 g/mol. The average Bonchev–Trinajstić information content (AvgIpc) is 3.28. The number of anilines is 2. The highest BCUT2D eigenvalue weighted by molar-refractivity contribution is 8.20. The first-order valence-electron chi connectivity index (χ1n) is 10.5. The van der Waals surface area contributed by atoms with Crippen molar-refractivity contribution in [3.8, 4) is 0 Å². The van der Waals surface area contributed by atoms with E-state index in [2.05, 4.69) is 26.0 Å². The molecule has 2 aliphatic rings. The van der Waals surface area contributed by atoms with Gasteiger partial charge in [0.05, 0.1) is 22.1 Å². The zero-order chi connectivity index (χ0) is 23.3. The molecule has 5 rings (SSSR count). The second kappa shape index (κ2) is 8.60. The van der Waals surface area contributed by atoms with Crippen LogP contribution in [0.2, 0.25) is 5.02 Å². The number of fused-ring (bicyclic) bond motifs is 1. The Balaban J connectivity index is 1.61. The zero-order valence-electron chi connectivity index (χ0n) is 18.7. The molecule has 7 heteroatoms. The Morgan fingerprint density at radius 1 is 0.879 bits per heavy atom. The van der Waals surface area contributed by atoms with Gasteiger partial charge in [0.1, 0.15) is 4.91 Å². The predicted molar refractivity (Wildman–Crippen MR) is 142 cm³/mol. The maximum absolute atomic E-state index is 13.8. The summed E-state index contributed by atoms with van der Waals surface area (Å²) in [7, 11) is 1.97. The van der Waals surface area contributed by atoms with Gasteiger partial charge in [-0.05, 0) is 86.1 Å². The van der Waals surface area contributed by atoms with Gasteiger partial charge in [0.15, 0.2) is 5.17 Å². The maximum atomic E-state index is 13.8. The zero-order valence-corrected chi connectivity index (χ0v) is 21.1. The Kier molecular flexibility index (Phi) is 5.77. The summed E-state index contributed by atoms with van der Waals surface area (Å²) in [4.78, 5) is 24.2. The van der Waals surface area contributed by atoms with E-state index in [1.807, 2.05) is 67.4 Å². The average molecular weight is 492 g/mol. The van der Waals surface area contributed by atoms with E-state index in [1.54, 1.807) is 16.7 Å². The number of benzene rings is 3. The topological polar surface area (TPSA) is 35.9 Å². The highest BCUT2D eigenvalue weighted by atomic mass is 35.5. The van der Waals surface area contributed by atoms with Crippen molar-refractivity contribution >= 4 is 63.3 Å². The number of nitrogens with zero attached hydrogens (tertiary/aromatic N) is 3. The molecular weight excluding hydrogens is 470 g/mol. The number of amides is 1. The van der Waals surface area contributed by atoms with Crippen molar-refractivity contribution in [1.29, 1.82) is 0 Å². The summed E-state index contributed by atoms with van der Waals surface area (Å²) in [6, 6.07) is 19.9. The van der Waals surface area contributed by atoms with Crippen LogP contribution in [0.3, 0.4) is 0 Å². The van der Waals surface area contributed by atoms with Gasteiger partial charge < -0.3 is 4.90 Å². The number of aryl methyl sites for hydroxylation is 3. The first-order valence-corrected chi connectivity index (χ1v) is 12.5. The maximum Gasteiger partial charge on any atom is 0.274 e. The minimum atomic E-state index is -0.0697. The van der Waals surface area contributed by atoms with Crippen molar-refractivity contribution in [3.05, 3.63) is 92.3 Å². The molecule has 2 heterocycles. The molecule has 0 aromatic heterocycles.